The maximum Gasteiger partial charge on any atom is 0.123 e. The van der Waals surface area contributed by atoms with E-state index in [1.807, 2.05) is 12.1 Å². The number of halogens is 1. The highest BCUT2D eigenvalue weighted by atomic mass is 32.2. The highest BCUT2D eigenvalue weighted by Gasteiger charge is 2.54. The van der Waals surface area contributed by atoms with E-state index in [4.69, 9.17) is 0 Å². The van der Waals surface area contributed by atoms with Gasteiger partial charge in [0.1, 0.15) is 5.82 Å². The van der Waals surface area contributed by atoms with E-state index in [0.717, 1.165) is 19.6 Å². The number of nitrogens with one attached hydrogen (secondary N) is 1. The monoisotopic (exact) mass is 354 g/mol. The summed E-state index contributed by atoms with van der Waals surface area (Å²) in [6, 6.07) is 15.7. The predicted molar refractivity (Wildman–Crippen MR) is 101 cm³/mol. The van der Waals surface area contributed by atoms with Gasteiger partial charge in [-0.2, -0.15) is 0 Å². The van der Waals surface area contributed by atoms with Crippen LogP contribution in [0.3, 0.4) is 0 Å². The number of nitrogens with zero attached hydrogens (tertiary/aromatic N) is 1. The van der Waals surface area contributed by atoms with Gasteiger partial charge < -0.3 is 5.32 Å². The molecule has 2 aliphatic heterocycles. The quantitative estimate of drug-likeness (QED) is 0.819. The zero-order chi connectivity index (χ0) is 16.9. The van der Waals surface area contributed by atoms with Gasteiger partial charge in [-0.05, 0) is 42.7 Å². The molecule has 2 aromatic rings. The summed E-state index contributed by atoms with van der Waals surface area (Å²) in [5.41, 5.74) is 2.53. The minimum atomic E-state index is -0.150. The van der Waals surface area contributed by atoms with Crippen molar-refractivity contribution in [2.75, 3.05) is 18.4 Å². The summed E-state index contributed by atoms with van der Waals surface area (Å²) in [5.74, 6) is 1.18. The molecule has 4 heteroatoms. The molecule has 1 spiro atoms. The Bertz CT molecular complexity index is 735. The normalized spacial score (nSPS) is 30.9. The molecule has 2 atom stereocenters. The molecule has 3 aliphatic rings. The second-order valence-corrected chi connectivity index (χ2v) is 8.98. The van der Waals surface area contributed by atoms with Crippen molar-refractivity contribution in [2.24, 2.45) is 11.8 Å². The zero-order valence-corrected chi connectivity index (χ0v) is 15.1. The zero-order valence-electron chi connectivity index (χ0n) is 14.2. The van der Waals surface area contributed by atoms with Crippen molar-refractivity contribution in [1.82, 2.24) is 4.90 Å². The van der Waals surface area contributed by atoms with Gasteiger partial charge in [0.05, 0.1) is 4.87 Å². The van der Waals surface area contributed by atoms with Crippen molar-refractivity contribution in [1.29, 1.82) is 0 Å². The molecule has 2 fully saturated rings. The lowest BCUT2D eigenvalue weighted by Crippen LogP contribution is -2.60. The third-order valence-corrected chi connectivity index (χ3v) is 7.77. The van der Waals surface area contributed by atoms with Gasteiger partial charge in [-0.3, -0.25) is 4.90 Å². The van der Waals surface area contributed by atoms with E-state index in [1.54, 1.807) is 12.1 Å². The summed E-state index contributed by atoms with van der Waals surface area (Å²) in [5, 5.41) is 3.93. The minimum Gasteiger partial charge on any atom is -0.369 e. The molecule has 2 aromatic carbocycles. The Labute approximate surface area is 152 Å². The molecule has 0 radical (unpaired) electrons. The Morgan fingerprint density at radius 3 is 2.48 bits per heavy atom. The van der Waals surface area contributed by atoms with Gasteiger partial charge in [0, 0.05) is 42.1 Å². The van der Waals surface area contributed by atoms with Crippen molar-refractivity contribution in [3.63, 3.8) is 0 Å². The van der Waals surface area contributed by atoms with Crippen LogP contribution >= 0.6 is 11.8 Å². The van der Waals surface area contributed by atoms with Crippen molar-refractivity contribution < 1.29 is 4.39 Å². The molecule has 1 aliphatic carbocycles. The van der Waals surface area contributed by atoms with Crippen LogP contribution in [0.25, 0.3) is 0 Å². The van der Waals surface area contributed by atoms with E-state index < -0.39 is 0 Å². The van der Waals surface area contributed by atoms with Crippen molar-refractivity contribution in [3.05, 3.63) is 59.9 Å². The number of rotatable bonds is 2. The number of anilines is 1. The molecule has 1 N–H and O–H groups in total. The molecule has 2 nitrogen and oxygen atoms in total. The molecule has 2 unspecified atom stereocenters. The average molecular weight is 354 g/mol. The van der Waals surface area contributed by atoms with Gasteiger partial charge in [0.15, 0.2) is 0 Å². The lowest BCUT2D eigenvalue weighted by molar-refractivity contribution is 0.0531. The smallest absolute Gasteiger partial charge is 0.123 e. The number of benzene rings is 2. The van der Waals surface area contributed by atoms with Gasteiger partial charge in [0.2, 0.25) is 0 Å². The summed E-state index contributed by atoms with van der Waals surface area (Å²) < 4.78 is 13.2. The van der Waals surface area contributed by atoms with Gasteiger partial charge in [-0.1, -0.05) is 42.4 Å². The summed E-state index contributed by atoms with van der Waals surface area (Å²) in [6.07, 6.45) is 3.94. The van der Waals surface area contributed by atoms with Crippen LogP contribution in [0.1, 0.15) is 24.8 Å². The molecule has 1 saturated carbocycles. The van der Waals surface area contributed by atoms with Crippen molar-refractivity contribution in [2.45, 2.75) is 35.6 Å². The molecular weight excluding hydrogens is 331 g/mol. The first kappa shape index (κ1) is 15.7. The molecule has 130 valence electrons. The van der Waals surface area contributed by atoms with Crippen LogP contribution < -0.4 is 5.32 Å². The van der Waals surface area contributed by atoms with E-state index in [1.165, 1.54) is 35.4 Å². The second-order valence-electron chi connectivity index (χ2n) is 7.66. The molecule has 0 aromatic heterocycles. The first-order valence-electron chi connectivity index (χ1n) is 9.26. The highest BCUT2D eigenvalue weighted by molar-refractivity contribution is 8.01. The topological polar surface area (TPSA) is 15.3 Å². The van der Waals surface area contributed by atoms with Crippen LogP contribution in [0.4, 0.5) is 10.1 Å². The van der Waals surface area contributed by atoms with Crippen LogP contribution in [0.5, 0.6) is 0 Å². The summed E-state index contributed by atoms with van der Waals surface area (Å²) in [7, 11) is 0. The largest absolute Gasteiger partial charge is 0.369 e. The van der Waals surface area contributed by atoms with Crippen molar-refractivity contribution in [3.8, 4) is 0 Å². The molecule has 5 rings (SSSR count). The van der Waals surface area contributed by atoms with E-state index in [9.17, 15) is 4.39 Å². The minimum absolute atomic E-state index is 0.150. The Hall–Kier alpha value is -1.52. The first-order valence-corrected chi connectivity index (χ1v) is 10.1. The lowest BCUT2D eigenvalue weighted by atomic mass is 9.72. The Balaban J connectivity index is 1.37. The van der Waals surface area contributed by atoms with E-state index >= 15 is 0 Å². The number of hydrogen-bond acceptors (Lipinski definition) is 3. The summed E-state index contributed by atoms with van der Waals surface area (Å²) in [4.78, 5) is 4.17. The number of likely N-dealkylation sites (tertiary alicyclic amines) is 1. The standard InChI is InChI=1S/C21H23FN2S/c22-18-10-8-15(9-11-18)12-24-13-16-4-3-5-17(14-24)21(16)23-19-6-1-2-7-20(19)25-21/h1-2,6-11,16-17,23H,3-5,12-14H2. The molecule has 0 amide bonds. The molecule has 25 heavy (non-hydrogen) atoms. The number of hydrogen-bond donors (Lipinski definition) is 1. The van der Waals surface area contributed by atoms with Crippen LogP contribution in [0.2, 0.25) is 0 Å². The Kier molecular flexibility index (Phi) is 3.79. The van der Waals surface area contributed by atoms with E-state index in [2.05, 4.69) is 46.2 Å². The van der Waals surface area contributed by atoms with Gasteiger partial charge >= 0.3 is 0 Å². The third kappa shape index (κ3) is 2.67. The fourth-order valence-electron chi connectivity index (χ4n) is 4.95. The van der Waals surface area contributed by atoms with Crippen molar-refractivity contribution >= 4 is 17.4 Å². The van der Waals surface area contributed by atoms with Crippen LogP contribution in [0, 0.1) is 17.7 Å². The maximum absolute atomic E-state index is 13.2. The van der Waals surface area contributed by atoms with Gasteiger partial charge in [0.25, 0.3) is 0 Å². The fourth-order valence-corrected chi connectivity index (χ4v) is 6.57. The van der Waals surface area contributed by atoms with Crippen LogP contribution in [-0.4, -0.2) is 22.9 Å². The molecule has 2 heterocycles. The number of para-hydroxylation sites is 1. The average Bonchev–Trinajstić information content (AvgIpc) is 2.97. The Morgan fingerprint density at radius 2 is 1.76 bits per heavy atom. The van der Waals surface area contributed by atoms with Crippen LogP contribution in [-0.2, 0) is 6.54 Å². The van der Waals surface area contributed by atoms with E-state index in [0.29, 0.717) is 11.8 Å². The second kappa shape index (κ2) is 6.03. The third-order valence-electron chi connectivity index (χ3n) is 6.09. The predicted octanol–water partition coefficient (Wildman–Crippen LogP) is 4.97. The summed E-state index contributed by atoms with van der Waals surface area (Å²) >= 11 is 2.07. The van der Waals surface area contributed by atoms with E-state index in [-0.39, 0.29) is 10.7 Å². The molecule has 2 bridgehead atoms. The maximum atomic E-state index is 13.2. The number of piperidine rings is 1. The van der Waals surface area contributed by atoms with Crippen LogP contribution in [0.15, 0.2) is 53.4 Å². The molecule has 1 saturated heterocycles. The number of fused-ring (bicyclic) bond motifs is 1. The summed E-state index contributed by atoms with van der Waals surface area (Å²) in [6.45, 7) is 3.19. The Morgan fingerprint density at radius 1 is 1.04 bits per heavy atom. The van der Waals surface area contributed by atoms with Gasteiger partial charge in [-0.15, -0.1) is 0 Å². The van der Waals surface area contributed by atoms with Gasteiger partial charge in [-0.25, -0.2) is 4.39 Å². The fraction of sp³-hybridized carbons (Fsp3) is 0.429. The first-order chi connectivity index (χ1) is 12.2. The number of thioether (sulfide) groups is 1. The highest BCUT2D eigenvalue weighted by Crippen LogP contribution is 2.58. The SMILES string of the molecule is Fc1ccc(CN2CC3CCCC(C2)C32Nc3ccccc3S2)cc1. The molecular formula is C21H23FN2S. The lowest BCUT2D eigenvalue weighted by Gasteiger charge is -2.54.